The summed E-state index contributed by atoms with van der Waals surface area (Å²) in [5, 5.41) is 33.2. The van der Waals surface area contributed by atoms with Gasteiger partial charge in [-0.1, -0.05) is 60.7 Å². The molecule has 0 amide bonds. The van der Waals surface area contributed by atoms with Crippen LogP contribution in [-0.2, 0) is 31.8 Å². The van der Waals surface area contributed by atoms with Crippen LogP contribution in [0.4, 0.5) is 0 Å². The van der Waals surface area contributed by atoms with Gasteiger partial charge < -0.3 is 49.3 Å². The third-order valence-electron chi connectivity index (χ3n) is 8.07. The zero-order valence-corrected chi connectivity index (χ0v) is 27.6. The summed E-state index contributed by atoms with van der Waals surface area (Å²) in [5.74, 6) is 0.963. The van der Waals surface area contributed by atoms with E-state index in [-0.39, 0.29) is 11.5 Å². The van der Waals surface area contributed by atoms with Gasteiger partial charge in [0.1, 0.15) is 13.2 Å². The standard InChI is InChI=1S/C38H48N2O8/c1-28-24-33-31-8-4-2-6-29(31)26-35(37(33)41)47-22-20-45-16-12-39-10-14-43-18-19-44-15-11-40-13-17-46-21-23-48-36-27-30-7-3-5-9-32(30)34(25-28)38(36)42/h2-9,26-27,39-42H,1,10-25H2. The van der Waals surface area contributed by atoms with E-state index in [9.17, 15) is 10.2 Å². The fraction of sp³-hybridized carbons (Fsp3) is 0.421. The summed E-state index contributed by atoms with van der Waals surface area (Å²) in [6.45, 7) is 11.9. The van der Waals surface area contributed by atoms with Crippen LogP contribution in [0.3, 0.4) is 0 Å². The molecule has 0 aromatic heterocycles. The molecule has 4 bridgehead atoms. The molecule has 0 spiro atoms. The molecule has 4 aromatic rings. The number of rotatable bonds is 0. The third kappa shape index (κ3) is 10.3. The number of hydrogen-bond acceptors (Lipinski definition) is 10. The van der Waals surface area contributed by atoms with Crippen molar-refractivity contribution in [2.24, 2.45) is 0 Å². The van der Waals surface area contributed by atoms with E-state index in [2.05, 4.69) is 17.2 Å². The van der Waals surface area contributed by atoms with Crippen LogP contribution in [0, 0.1) is 0 Å². The lowest BCUT2D eigenvalue weighted by atomic mass is 9.92. The number of aromatic hydroxyl groups is 2. The Bertz CT molecular complexity index is 1490. The normalized spacial score (nSPS) is 18.0. The summed E-state index contributed by atoms with van der Waals surface area (Å²) in [6, 6.07) is 19.5. The number of phenolic OH excluding ortho intramolecular Hbond substituents is 2. The minimum Gasteiger partial charge on any atom is -0.504 e. The van der Waals surface area contributed by atoms with Gasteiger partial charge in [0.25, 0.3) is 0 Å². The first-order valence-corrected chi connectivity index (χ1v) is 16.7. The zero-order chi connectivity index (χ0) is 33.4. The second kappa shape index (κ2) is 19.2. The fourth-order valence-electron chi connectivity index (χ4n) is 5.68. The van der Waals surface area contributed by atoms with E-state index in [0.717, 1.165) is 51.3 Å². The van der Waals surface area contributed by atoms with Crippen LogP contribution in [0.25, 0.3) is 21.5 Å². The summed E-state index contributed by atoms with van der Waals surface area (Å²) in [5.41, 5.74) is 2.28. The van der Waals surface area contributed by atoms with Crippen molar-refractivity contribution < 1.29 is 38.6 Å². The van der Waals surface area contributed by atoms with Gasteiger partial charge in [-0.05, 0) is 46.5 Å². The molecule has 0 saturated heterocycles. The number of ether oxygens (including phenoxy) is 6. The Hall–Kier alpha value is -3.90. The van der Waals surface area contributed by atoms with Gasteiger partial charge in [0.15, 0.2) is 23.0 Å². The molecular formula is C38H48N2O8. The Morgan fingerprint density at radius 3 is 1.29 bits per heavy atom. The molecular weight excluding hydrogens is 612 g/mol. The highest BCUT2D eigenvalue weighted by atomic mass is 16.5. The molecule has 0 radical (unpaired) electrons. The second-order valence-electron chi connectivity index (χ2n) is 11.6. The van der Waals surface area contributed by atoms with Gasteiger partial charge in [-0.25, -0.2) is 0 Å². The van der Waals surface area contributed by atoms with Gasteiger partial charge >= 0.3 is 0 Å². The van der Waals surface area contributed by atoms with Crippen molar-refractivity contribution in [2.75, 3.05) is 92.2 Å². The predicted octanol–water partition coefficient (Wildman–Crippen LogP) is 4.76. The molecule has 1 heterocycles. The summed E-state index contributed by atoms with van der Waals surface area (Å²) >= 11 is 0. The average molecular weight is 661 g/mol. The molecule has 1 aliphatic heterocycles. The van der Waals surface area contributed by atoms with Crippen molar-refractivity contribution >= 4 is 21.5 Å². The molecule has 10 heteroatoms. The topological polar surface area (TPSA) is 120 Å². The minimum absolute atomic E-state index is 0.0821. The smallest absolute Gasteiger partial charge is 0.161 e. The van der Waals surface area contributed by atoms with Crippen LogP contribution in [0.15, 0.2) is 72.8 Å². The van der Waals surface area contributed by atoms with Crippen molar-refractivity contribution in [3.63, 3.8) is 0 Å². The lowest BCUT2D eigenvalue weighted by Gasteiger charge is -2.18. The Morgan fingerprint density at radius 1 is 0.500 bits per heavy atom. The van der Waals surface area contributed by atoms with Crippen molar-refractivity contribution in [2.45, 2.75) is 12.8 Å². The van der Waals surface area contributed by atoms with Crippen molar-refractivity contribution in [1.82, 2.24) is 10.6 Å². The summed E-state index contributed by atoms with van der Waals surface area (Å²) in [7, 11) is 0. The van der Waals surface area contributed by atoms with Gasteiger partial charge in [-0.3, -0.25) is 0 Å². The van der Waals surface area contributed by atoms with Crippen LogP contribution < -0.4 is 20.1 Å². The first-order valence-electron chi connectivity index (χ1n) is 16.7. The fourth-order valence-corrected chi connectivity index (χ4v) is 5.68. The maximum atomic E-state index is 11.4. The Morgan fingerprint density at radius 2 is 0.875 bits per heavy atom. The minimum atomic E-state index is 0.0821. The molecule has 4 aromatic carbocycles. The largest absolute Gasteiger partial charge is 0.504 e. The van der Waals surface area contributed by atoms with E-state index in [1.165, 1.54) is 0 Å². The molecule has 5 rings (SSSR count). The van der Waals surface area contributed by atoms with Crippen molar-refractivity contribution in [3.05, 3.63) is 83.9 Å². The lowest BCUT2D eigenvalue weighted by molar-refractivity contribution is 0.0478. The molecule has 4 N–H and O–H groups in total. The van der Waals surface area contributed by atoms with Crippen molar-refractivity contribution in [1.29, 1.82) is 0 Å². The summed E-state index contributed by atoms with van der Waals surface area (Å²) in [6.07, 6.45) is 0.782. The number of benzene rings is 4. The van der Waals surface area contributed by atoms with Crippen LogP contribution >= 0.6 is 0 Å². The number of fused-ring (bicyclic) bond motifs is 8. The molecule has 0 atom stereocenters. The Kier molecular flexibility index (Phi) is 14.2. The lowest BCUT2D eigenvalue weighted by Crippen LogP contribution is -2.26. The van der Waals surface area contributed by atoms with E-state index in [4.69, 9.17) is 28.4 Å². The SMILES string of the molecule is C=C1Cc2c(O)c(cc3ccccc23)OCCOCCNCCOCCOCCNCCOCCOc2cc3ccccc3c(c2O)C1. The Labute approximate surface area is 282 Å². The van der Waals surface area contributed by atoms with Gasteiger partial charge in [0.05, 0.1) is 52.9 Å². The molecule has 258 valence electrons. The van der Waals surface area contributed by atoms with E-state index in [1.54, 1.807) is 0 Å². The molecule has 1 aliphatic rings. The van der Waals surface area contributed by atoms with Crippen LogP contribution in [0.5, 0.6) is 23.0 Å². The first-order chi connectivity index (χ1) is 23.6. The molecule has 0 fully saturated rings. The number of allylic oxidation sites excluding steroid dienone is 1. The zero-order valence-electron chi connectivity index (χ0n) is 27.6. The van der Waals surface area contributed by atoms with Gasteiger partial charge in [-0.2, -0.15) is 0 Å². The average Bonchev–Trinajstić information content (AvgIpc) is 3.09. The van der Waals surface area contributed by atoms with E-state index in [1.807, 2.05) is 60.7 Å². The van der Waals surface area contributed by atoms with E-state index < -0.39 is 0 Å². The highest BCUT2D eigenvalue weighted by Gasteiger charge is 2.19. The molecule has 0 saturated carbocycles. The first kappa shape index (κ1) is 35.4. The number of phenols is 2. The quantitative estimate of drug-likeness (QED) is 0.197. The Balaban J connectivity index is 1.31. The monoisotopic (exact) mass is 660 g/mol. The third-order valence-corrected chi connectivity index (χ3v) is 8.07. The van der Waals surface area contributed by atoms with Gasteiger partial charge in [-0.15, -0.1) is 0 Å². The highest BCUT2D eigenvalue weighted by Crippen LogP contribution is 2.41. The molecule has 0 unspecified atom stereocenters. The second-order valence-corrected chi connectivity index (χ2v) is 11.6. The van der Waals surface area contributed by atoms with Crippen LogP contribution in [-0.4, -0.2) is 102 Å². The summed E-state index contributed by atoms with van der Waals surface area (Å²) in [4.78, 5) is 0. The van der Waals surface area contributed by atoms with Gasteiger partial charge in [0.2, 0.25) is 0 Å². The number of hydrogen-bond donors (Lipinski definition) is 4. The molecule has 10 nitrogen and oxygen atoms in total. The van der Waals surface area contributed by atoms with Crippen LogP contribution in [0.1, 0.15) is 11.1 Å². The highest BCUT2D eigenvalue weighted by molar-refractivity contribution is 5.91. The van der Waals surface area contributed by atoms with E-state index in [0.29, 0.717) is 103 Å². The predicted molar refractivity (Wildman–Crippen MR) is 188 cm³/mol. The van der Waals surface area contributed by atoms with E-state index >= 15 is 0 Å². The number of nitrogens with one attached hydrogen (secondary N) is 2. The molecule has 48 heavy (non-hydrogen) atoms. The maximum absolute atomic E-state index is 11.4. The molecule has 0 aliphatic carbocycles. The van der Waals surface area contributed by atoms with Gasteiger partial charge in [0, 0.05) is 37.3 Å². The maximum Gasteiger partial charge on any atom is 0.161 e. The summed E-state index contributed by atoms with van der Waals surface area (Å²) < 4.78 is 34.7. The van der Waals surface area contributed by atoms with Crippen molar-refractivity contribution in [3.8, 4) is 23.0 Å². The van der Waals surface area contributed by atoms with Crippen LogP contribution in [0.2, 0.25) is 0 Å².